The highest BCUT2D eigenvalue weighted by molar-refractivity contribution is 5.79. The van der Waals surface area contributed by atoms with E-state index in [1.54, 1.807) is 14.0 Å². The minimum atomic E-state index is -0.309. The fraction of sp³-hybridized carbons (Fsp3) is 0.778. The van der Waals surface area contributed by atoms with E-state index in [-0.39, 0.29) is 11.9 Å². The molecule has 0 N–H and O–H groups in total. The zero-order chi connectivity index (χ0) is 9.72. The van der Waals surface area contributed by atoms with Gasteiger partial charge >= 0.3 is 0 Å². The first kappa shape index (κ1) is 11.1. The second-order valence-corrected chi connectivity index (χ2v) is 3.48. The van der Waals surface area contributed by atoms with Gasteiger partial charge in [0.1, 0.15) is 6.29 Å². The third-order valence-electron chi connectivity index (χ3n) is 1.78. The molecular weight excluding hydrogens is 154 g/mol. The van der Waals surface area contributed by atoms with Crippen LogP contribution >= 0.6 is 0 Å². The second kappa shape index (κ2) is 4.91. The molecule has 1 amide bonds. The Balaban J connectivity index is 4.00. The van der Waals surface area contributed by atoms with Gasteiger partial charge in [0.15, 0.2) is 0 Å². The van der Waals surface area contributed by atoms with E-state index in [9.17, 15) is 9.59 Å². The Hall–Kier alpha value is -0.860. The molecule has 0 heterocycles. The fourth-order valence-electron chi connectivity index (χ4n) is 0.812. The van der Waals surface area contributed by atoms with Crippen LogP contribution in [0, 0.1) is 5.92 Å². The van der Waals surface area contributed by atoms with Gasteiger partial charge in [-0.05, 0) is 12.8 Å². The molecule has 0 aliphatic rings. The predicted molar refractivity (Wildman–Crippen MR) is 47.8 cm³/mol. The first-order valence-corrected chi connectivity index (χ1v) is 4.20. The number of amides is 1. The van der Waals surface area contributed by atoms with Crippen molar-refractivity contribution in [1.82, 2.24) is 4.90 Å². The summed E-state index contributed by atoms with van der Waals surface area (Å²) in [7, 11) is 1.66. The van der Waals surface area contributed by atoms with E-state index in [1.165, 1.54) is 4.90 Å². The van der Waals surface area contributed by atoms with Crippen LogP contribution in [0.25, 0.3) is 0 Å². The lowest BCUT2D eigenvalue weighted by molar-refractivity contribution is -0.134. The first-order valence-electron chi connectivity index (χ1n) is 4.20. The van der Waals surface area contributed by atoms with Gasteiger partial charge < -0.3 is 9.69 Å². The van der Waals surface area contributed by atoms with Crippen LogP contribution < -0.4 is 0 Å². The summed E-state index contributed by atoms with van der Waals surface area (Å²) < 4.78 is 0. The van der Waals surface area contributed by atoms with E-state index in [1.807, 2.05) is 13.8 Å². The topological polar surface area (TPSA) is 37.4 Å². The lowest BCUT2D eigenvalue weighted by Gasteiger charge is -2.21. The van der Waals surface area contributed by atoms with Crippen molar-refractivity contribution in [2.24, 2.45) is 5.92 Å². The molecule has 0 aromatic heterocycles. The number of nitrogens with zero attached hydrogens (tertiary/aromatic N) is 1. The molecule has 3 nitrogen and oxygen atoms in total. The molecule has 12 heavy (non-hydrogen) atoms. The van der Waals surface area contributed by atoms with Crippen LogP contribution in [0.2, 0.25) is 0 Å². The molecular formula is C9H17NO2. The molecule has 0 fully saturated rings. The molecule has 0 aliphatic carbocycles. The third kappa shape index (κ3) is 3.51. The fourth-order valence-corrected chi connectivity index (χ4v) is 0.812. The maximum absolute atomic E-state index is 11.3. The van der Waals surface area contributed by atoms with Gasteiger partial charge in [0.05, 0.1) is 6.04 Å². The Morgan fingerprint density at radius 2 is 1.92 bits per heavy atom. The quantitative estimate of drug-likeness (QED) is 0.593. The molecule has 0 saturated heterocycles. The van der Waals surface area contributed by atoms with Crippen LogP contribution in [0.3, 0.4) is 0 Å². The van der Waals surface area contributed by atoms with Crippen molar-refractivity contribution in [3.8, 4) is 0 Å². The summed E-state index contributed by atoms with van der Waals surface area (Å²) in [6.45, 7) is 5.68. The van der Waals surface area contributed by atoms with Gasteiger partial charge in [-0.15, -0.1) is 0 Å². The Bertz CT molecular complexity index is 166. The zero-order valence-electron chi connectivity index (χ0n) is 8.20. The molecule has 3 heteroatoms. The van der Waals surface area contributed by atoms with Crippen molar-refractivity contribution in [3.05, 3.63) is 0 Å². The zero-order valence-corrected chi connectivity index (χ0v) is 8.20. The van der Waals surface area contributed by atoms with Crippen molar-refractivity contribution < 1.29 is 9.59 Å². The summed E-state index contributed by atoms with van der Waals surface area (Å²) >= 11 is 0. The van der Waals surface area contributed by atoms with Gasteiger partial charge in [-0.3, -0.25) is 4.79 Å². The lowest BCUT2D eigenvalue weighted by atomic mass is 10.1. The number of hydrogen-bond acceptors (Lipinski definition) is 2. The Labute approximate surface area is 73.7 Å². The molecule has 0 aromatic rings. The highest BCUT2D eigenvalue weighted by atomic mass is 16.2. The Morgan fingerprint density at radius 3 is 2.25 bits per heavy atom. The second-order valence-electron chi connectivity index (χ2n) is 3.48. The predicted octanol–water partition coefficient (Wildman–Crippen LogP) is 1.08. The molecule has 0 spiro atoms. The number of carbonyl (C=O) groups is 2. The number of carbonyl (C=O) groups excluding carboxylic acids is 2. The number of rotatable bonds is 4. The monoisotopic (exact) mass is 171 g/mol. The Kier molecular flexibility index (Phi) is 4.55. The van der Waals surface area contributed by atoms with E-state index in [0.29, 0.717) is 12.3 Å². The maximum atomic E-state index is 11.3. The minimum Gasteiger partial charge on any atom is -0.336 e. The minimum absolute atomic E-state index is 0.0320. The molecule has 0 rings (SSSR count). The highest BCUT2D eigenvalue weighted by Crippen LogP contribution is 2.04. The van der Waals surface area contributed by atoms with Gasteiger partial charge in [-0.1, -0.05) is 13.8 Å². The highest BCUT2D eigenvalue weighted by Gasteiger charge is 2.15. The van der Waals surface area contributed by atoms with Crippen LogP contribution in [0.4, 0.5) is 0 Å². The van der Waals surface area contributed by atoms with E-state index in [2.05, 4.69) is 0 Å². The number of hydrogen-bond donors (Lipinski definition) is 0. The van der Waals surface area contributed by atoms with Gasteiger partial charge in [0, 0.05) is 13.5 Å². The summed E-state index contributed by atoms with van der Waals surface area (Å²) in [5, 5.41) is 0. The van der Waals surface area contributed by atoms with Crippen LogP contribution in [0.5, 0.6) is 0 Å². The summed E-state index contributed by atoms with van der Waals surface area (Å²) in [5.41, 5.74) is 0. The molecule has 0 radical (unpaired) electrons. The summed E-state index contributed by atoms with van der Waals surface area (Å²) in [4.78, 5) is 23.1. The van der Waals surface area contributed by atoms with Crippen molar-refractivity contribution in [2.45, 2.75) is 33.2 Å². The van der Waals surface area contributed by atoms with Crippen molar-refractivity contribution >= 4 is 12.2 Å². The molecule has 0 bridgehead atoms. The molecule has 0 aromatic carbocycles. The van der Waals surface area contributed by atoms with E-state index in [4.69, 9.17) is 0 Å². The van der Waals surface area contributed by atoms with Crippen molar-refractivity contribution in [2.75, 3.05) is 7.05 Å². The van der Waals surface area contributed by atoms with Gasteiger partial charge in [0.2, 0.25) is 5.91 Å². The third-order valence-corrected chi connectivity index (χ3v) is 1.78. The molecule has 0 saturated carbocycles. The first-order chi connectivity index (χ1) is 5.49. The van der Waals surface area contributed by atoms with Crippen LogP contribution in [0.1, 0.15) is 27.2 Å². The van der Waals surface area contributed by atoms with Crippen LogP contribution in [-0.4, -0.2) is 30.2 Å². The van der Waals surface area contributed by atoms with Gasteiger partial charge in [0.25, 0.3) is 0 Å². The molecule has 0 unspecified atom stereocenters. The standard InChI is InChI=1S/C9H17NO2/c1-7(2)5-9(12)10(4)8(3)6-11/h6-8H,5H2,1-4H3/t8-/m0/s1. The lowest BCUT2D eigenvalue weighted by Crippen LogP contribution is -2.36. The normalized spacial score (nSPS) is 12.8. The Morgan fingerprint density at radius 1 is 1.42 bits per heavy atom. The van der Waals surface area contributed by atoms with E-state index >= 15 is 0 Å². The van der Waals surface area contributed by atoms with Crippen LogP contribution in [0.15, 0.2) is 0 Å². The summed E-state index contributed by atoms with van der Waals surface area (Å²) in [5.74, 6) is 0.378. The number of likely N-dealkylation sites (N-methyl/N-ethyl adjacent to an activating group) is 1. The van der Waals surface area contributed by atoms with E-state index in [0.717, 1.165) is 6.29 Å². The summed E-state index contributed by atoms with van der Waals surface area (Å²) in [6.07, 6.45) is 1.28. The average molecular weight is 171 g/mol. The maximum Gasteiger partial charge on any atom is 0.223 e. The molecule has 1 atom stereocenters. The van der Waals surface area contributed by atoms with Crippen LogP contribution in [-0.2, 0) is 9.59 Å². The largest absolute Gasteiger partial charge is 0.336 e. The smallest absolute Gasteiger partial charge is 0.223 e. The van der Waals surface area contributed by atoms with E-state index < -0.39 is 0 Å². The van der Waals surface area contributed by atoms with Gasteiger partial charge in [-0.25, -0.2) is 0 Å². The van der Waals surface area contributed by atoms with Gasteiger partial charge in [-0.2, -0.15) is 0 Å². The SMILES string of the molecule is CC(C)CC(=O)N(C)[C@@H](C)C=O. The van der Waals surface area contributed by atoms with Crippen molar-refractivity contribution in [1.29, 1.82) is 0 Å². The number of aldehydes is 1. The molecule has 0 aliphatic heterocycles. The molecule has 70 valence electrons. The van der Waals surface area contributed by atoms with Crippen molar-refractivity contribution in [3.63, 3.8) is 0 Å². The average Bonchev–Trinajstić information content (AvgIpc) is 2.00. The summed E-state index contributed by atoms with van der Waals surface area (Å²) in [6, 6.07) is -0.309.